The van der Waals surface area contributed by atoms with Crippen molar-refractivity contribution in [3.63, 3.8) is 0 Å². The Morgan fingerprint density at radius 3 is 2.83 bits per heavy atom. The number of rotatable bonds is 4. The van der Waals surface area contributed by atoms with E-state index < -0.39 is 0 Å². The van der Waals surface area contributed by atoms with E-state index in [1.54, 1.807) is 18.0 Å². The zero-order valence-corrected chi connectivity index (χ0v) is 13.3. The number of hydrogen-bond acceptors (Lipinski definition) is 5. The van der Waals surface area contributed by atoms with E-state index in [-0.39, 0.29) is 0 Å². The Hall–Kier alpha value is -2.53. The Labute approximate surface area is 137 Å². The molecule has 0 spiro atoms. The van der Waals surface area contributed by atoms with Gasteiger partial charge in [-0.3, -0.25) is 0 Å². The summed E-state index contributed by atoms with van der Waals surface area (Å²) in [5.74, 6) is 2.04. The maximum atomic E-state index is 5.31. The predicted molar refractivity (Wildman–Crippen MR) is 90.2 cm³/mol. The molecule has 3 aromatic heterocycles. The van der Waals surface area contributed by atoms with Gasteiger partial charge < -0.3 is 8.94 Å². The molecule has 0 radical (unpaired) electrons. The van der Waals surface area contributed by atoms with E-state index in [9.17, 15) is 0 Å². The largest absolute Gasteiger partial charge is 0.461 e. The summed E-state index contributed by atoms with van der Waals surface area (Å²) in [5.41, 5.74) is 3.12. The molecule has 114 valence electrons. The van der Waals surface area contributed by atoms with Gasteiger partial charge in [0.05, 0.1) is 22.5 Å². The number of fused-ring (bicyclic) bond motifs is 1. The summed E-state index contributed by atoms with van der Waals surface area (Å²) in [5, 5.41) is 6.27. The highest BCUT2D eigenvalue weighted by molar-refractivity contribution is 7.98. The van der Waals surface area contributed by atoms with Crippen molar-refractivity contribution < 1.29 is 8.94 Å². The van der Waals surface area contributed by atoms with Crippen molar-refractivity contribution in [1.82, 2.24) is 10.1 Å². The maximum absolute atomic E-state index is 5.31. The van der Waals surface area contributed by atoms with Crippen LogP contribution in [0.5, 0.6) is 0 Å². The van der Waals surface area contributed by atoms with Crippen molar-refractivity contribution in [2.24, 2.45) is 0 Å². The minimum atomic E-state index is 0.647. The summed E-state index contributed by atoms with van der Waals surface area (Å²) in [6, 6.07) is 15.9. The molecule has 0 unspecified atom stereocenters. The van der Waals surface area contributed by atoms with E-state index in [1.807, 2.05) is 36.4 Å². The lowest BCUT2D eigenvalue weighted by atomic mass is 10.1. The number of nitrogens with zero attached hydrogens (tertiary/aromatic N) is 2. The smallest absolute Gasteiger partial charge is 0.202 e. The zero-order chi connectivity index (χ0) is 15.6. The fourth-order valence-electron chi connectivity index (χ4n) is 2.46. The molecule has 0 amide bonds. The van der Waals surface area contributed by atoms with Gasteiger partial charge >= 0.3 is 0 Å². The van der Waals surface area contributed by atoms with Gasteiger partial charge in [-0.05, 0) is 36.8 Å². The Morgan fingerprint density at radius 1 is 1.04 bits per heavy atom. The van der Waals surface area contributed by atoms with Gasteiger partial charge in [-0.25, -0.2) is 4.98 Å². The summed E-state index contributed by atoms with van der Waals surface area (Å²) >= 11 is 1.65. The van der Waals surface area contributed by atoms with Gasteiger partial charge in [-0.15, -0.1) is 0 Å². The van der Waals surface area contributed by atoms with Crippen LogP contribution in [-0.2, 0) is 5.75 Å². The van der Waals surface area contributed by atoms with Gasteiger partial charge in [-0.2, -0.15) is 0 Å². The minimum absolute atomic E-state index is 0.647. The van der Waals surface area contributed by atoms with Gasteiger partial charge in [0, 0.05) is 17.2 Å². The van der Waals surface area contributed by atoms with E-state index in [2.05, 4.69) is 24.2 Å². The standard InChI is InChI=1S/C18H14N2O2S/c1-12-9-18(19-15-6-3-2-5-14(12)15)23-11-13-10-17(22-20-13)16-7-4-8-21-16/h2-10H,11H2,1H3. The zero-order valence-electron chi connectivity index (χ0n) is 12.5. The second kappa shape index (κ2) is 5.93. The van der Waals surface area contributed by atoms with Crippen molar-refractivity contribution in [1.29, 1.82) is 0 Å². The highest BCUT2D eigenvalue weighted by atomic mass is 32.2. The third kappa shape index (κ3) is 2.87. The van der Waals surface area contributed by atoms with Gasteiger partial charge in [0.1, 0.15) is 0 Å². The van der Waals surface area contributed by atoms with Crippen LogP contribution in [0.1, 0.15) is 11.3 Å². The highest BCUT2D eigenvalue weighted by Gasteiger charge is 2.10. The Bertz CT molecular complexity index is 945. The fourth-order valence-corrected chi connectivity index (χ4v) is 3.31. The quantitative estimate of drug-likeness (QED) is 0.490. The summed E-state index contributed by atoms with van der Waals surface area (Å²) in [6.07, 6.45) is 1.62. The number of aromatic nitrogens is 2. The molecule has 0 N–H and O–H groups in total. The molecule has 0 saturated heterocycles. The molecular weight excluding hydrogens is 308 g/mol. The number of aryl methyl sites for hydroxylation is 1. The second-order valence-corrected chi connectivity index (χ2v) is 6.24. The van der Waals surface area contributed by atoms with Gasteiger partial charge in [0.25, 0.3) is 0 Å². The van der Waals surface area contributed by atoms with Crippen LogP contribution >= 0.6 is 11.8 Å². The first-order chi connectivity index (χ1) is 11.3. The molecule has 0 aliphatic carbocycles. The van der Waals surface area contributed by atoms with Gasteiger partial charge in [-0.1, -0.05) is 35.1 Å². The topological polar surface area (TPSA) is 52.1 Å². The van der Waals surface area contributed by atoms with Crippen LogP contribution in [0.15, 0.2) is 68.8 Å². The van der Waals surface area contributed by atoms with Crippen LogP contribution in [-0.4, -0.2) is 10.1 Å². The van der Waals surface area contributed by atoms with E-state index in [0.29, 0.717) is 17.3 Å². The lowest BCUT2D eigenvalue weighted by Gasteiger charge is -2.05. The van der Waals surface area contributed by atoms with Crippen LogP contribution in [0.25, 0.3) is 22.4 Å². The van der Waals surface area contributed by atoms with Crippen molar-refractivity contribution in [2.75, 3.05) is 0 Å². The average molecular weight is 322 g/mol. The first-order valence-corrected chi connectivity index (χ1v) is 8.27. The van der Waals surface area contributed by atoms with Crippen molar-refractivity contribution in [3.8, 4) is 11.5 Å². The Kier molecular flexibility index (Phi) is 3.63. The molecule has 0 bridgehead atoms. The summed E-state index contributed by atoms with van der Waals surface area (Å²) in [4.78, 5) is 4.69. The SMILES string of the molecule is Cc1cc(SCc2cc(-c3ccco3)on2)nc2ccccc12. The maximum Gasteiger partial charge on any atom is 0.202 e. The third-order valence-corrected chi connectivity index (χ3v) is 4.54. The number of furan rings is 1. The number of thioether (sulfide) groups is 1. The van der Waals surface area contributed by atoms with Crippen molar-refractivity contribution >= 4 is 22.7 Å². The number of pyridine rings is 1. The van der Waals surface area contributed by atoms with Crippen LogP contribution < -0.4 is 0 Å². The van der Waals surface area contributed by atoms with Crippen LogP contribution in [0.2, 0.25) is 0 Å². The fraction of sp³-hybridized carbons (Fsp3) is 0.111. The molecule has 4 nitrogen and oxygen atoms in total. The molecule has 4 aromatic rings. The van der Waals surface area contributed by atoms with E-state index in [1.165, 1.54) is 10.9 Å². The second-order valence-electron chi connectivity index (χ2n) is 5.24. The van der Waals surface area contributed by atoms with Crippen molar-refractivity contribution in [3.05, 3.63) is 66.1 Å². The molecule has 4 rings (SSSR count). The predicted octanol–water partition coefficient (Wildman–Crippen LogP) is 5.08. The summed E-state index contributed by atoms with van der Waals surface area (Å²) < 4.78 is 10.6. The number of hydrogen-bond donors (Lipinski definition) is 0. The monoisotopic (exact) mass is 322 g/mol. The lowest BCUT2D eigenvalue weighted by Crippen LogP contribution is -1.88. The Morgan fingerprint density at radius 2 is 1.96 bits per heavy atom. The summed E-state index contributed by atoms with van der Waals surface area (Å²) in [6.45, 7) is 2.11. The van der Waals surface area contributed by atoms with Crippen molar-refractivity contribution in [2.45, 2.75) is 17.7 Å². The molecule has 0 aliphatic heterocycles. The number of benzene rings is 1. The number of para-hydroxylation sites is 1. The first-order valence-electron chi connectivity index (χ1n) is 7.28. The molecule has 0 fully saturated rings. The molecule has 0 aliphatic rings. The first kappa shape index (κ1) is 14.1. The molecule has 23 heavy (non-hydrogen) atoms. The molecule has 3 heterocycles. The average Bonchev–Trinajstić information content (AvgIpc) is 3.24. The minimum Gasteiger partial charge on any atom is -0.461 e. The lowest BCUT2D eigenvalue weighted by molar-refractivity contribution is 0.413. The molecule has 0 atom stereocenters. The van der Waals surface area contributed by atoms with E-state index >= 15 is 0 Å². The molecule has 0 saturated carbocycles. The van der Waals surface area contributed by atoms with Crippen LogP contribution in [0, 0.1) is 6.92 Å². The molecular formula is C18H14N2O2S. The molecule has 5 heteroatoms. The third-order valence-electron chi connectivity index (χ3n) is 3.59. The van der Waals surface area contributed by atoms with Crippen LogP contribution in [0.4, 0.5) is 0 Å². The highest BCUT2D eigenvalue weighted by Crippen LogP contribution is 2.27. The Balaban J connectivity index is 1.53. The molecule has 1 aromatic carbocycles. The van der Waals surface area contributed by atoms with E-state index in [0.717, 1.165) is 16.2 Å². The van der Waals surface area contributed by atoms with Gasteiger partial charge in [0.2, 0.25) is 5.76 Å². The van der Waals surface area contributed by atoms with Gasteiger partial charge in [0.15, 0.2) is 5.76 Å². The van der Waals surface area contributed by atoms with Crippen LogP contribution in [0.3, 0.4) is 0 Å². The summed E-state index contributed by atoms with van der Waals surface area (Å²) in [7, 11) is 0. The normalized spacial score (nSPS) is 11.2. The van der Waals surface area contributed by atoms with E-state index in [4.69, 9.17) is 13.9 Å².